The maximum Gasteiger partial charge on any atom is 1.00 e. The van der Waals surface area contributed by atoms with E-state index >= 15 is 0 Å². The van der Waals surface area contributed by atoms with Crippen LogP contribution in [-0.4, -0.2) is 36.2 Å². The average Bonchev–Trinajstić information content (AvgIpc) is 3.13. The molecule has 0 aliphatic carbocycles. The number of aromatic nitrogens is 6. The molecule has 0 N–H and O–H groups in total. The van der Waals surface area contributed by atoms with E-state index in [0.29, 0.717) is 0 Å². The van der Waals surface area contributed by atoms with Crippen molar-refractivity contribution in [1.29, 1.82) is 0 Å². The van der Waals surface area contributed by atoms with Crippen LogP contribution in [0.3, 0.4) is 0 Å². The normalized spacial score (nSPS) is 10.4. The molecule has 3 heterocycles. The fourth-order valence-electron chi connectivity index (χ4n) is 2.95. The summed E-state index contributed by atoms with van der Waals surface area (Å²) in [7, 11) is -0.226. The van der Waals surface area contributed by atoms with Gasteiger partial charge in [-0.1, -0.05) is 0 Å². The molecular formula is C17H25BCuN6. The Kier molecular flexibility index (Phi) is 7.02. The summed E-state index contributed by atoms with van der Waals surface area (Å²) in [6.07, 6.45) is 0. The van der Waals surface area contributed by atoms with E-state index in [9.17, 15) is 0 Å². The molecule has 3 aromatic heterocycles. The summed E-state index contributed by atoms with van der Waals surface area (Å²) in [6.45, 7) is 18.2. The van der Waals surface area contributed by atoms with Crippen molar-refractivity contribution in [3.8, 4) is 0 Å². The summed E-state index contributed by atoms with van der Waals surface area (Å²) in [5, 5.41) is 14.0. The smallest absolute Gasteiger partial charge is 0.422 e. The van der Waals surface area contributed by atoms with Crippen LogP contribution < -0.4 is 0 Å². The summed E-state index contributed by atoms with van der Waals surface area (Å²) in [6, 6.07) is 6.22. The van der Waals surface area contributed by atoms with Crippen molar-refractivity contribution in [2.75, 3.05) is 0 Å². The molecule has 8 heteroatoms. The summed E-state index contributed by atoms with van der Waals surface area (Å²) >= 11 is 0. The number of hydrogen-bond acceptors (Lipinski definition) is 3. The first-order valence-electron chi connectivity index (χ1n) is 7.95. The van der Waals surface area contributed by atoms with Crippen LogP contribution in [0.25, 0.3) is 0 Å². The minimum absolute atomic E-state index is 0. The van der Waals surface area contributed by atoms with Crippen molar-refractivity contribution in [3.63, 3.8) is 0 Å². The van der Waals surface area contributed by atoms with Gasteiger partial charge in [-0.3, -0.25) is 0 Å². The summed E-state index contributed by atoms with van der Waals surface area (Å²) < 4.78 is 5.94. The Labute approximate surface area is 160 Å². The Morgan fingerprint density at radius 1 is 0.640 bits per heavy atom. The summed E-state index contributed by atoms with van der Waals surface area (Å²) in [5.41, 5.74) is 6.23. The Balaban J connectivity index is 0.00000101. The van der Waals surface area contributed by atoms with E-state index in [4.69, 9.17) is 0 Å². The van der Waals surface area contributed by atoms with Crippen LogP contribution in [0.15, 0.2) is 31.4 Å². The van der Waals surface area contributed by atoms with E-state index in [1.165, 1.54) is 0 Å². The van der Waals surface area contributed by atoms with E-state index in [2.05, 4.69) is 67.4 Å². The topological polar surface area (TPSA) is 53.5 Å². The molecular weight excluding hydrogens is 363 g/mol. The van der Waals surface area contributed by atoms with Crippen molar-refractivity contribution < 1.29 is 17.1 Å². The average molecular weight is 388 g/mol. The van der Waals surface area contributed by atoms with Gasteiger partial charge in [0, 0.05) is 0 Å². The second-order valence-electron chi connectivity index (χ2n) is 5.96. The molecule has 137 valence electrons. The fourth-order valence-corrected chi connectivity index (χ4v) is 2.95. The molecule has 0 atom stereocenters. The minimum atomic E-state index is -0.226. The second-order valence-corrected chi connectivity index (χ2v) is 5.96. The van der Waals surface area contributed by atoms with Crippen LogP contribution in [0, 0.1) is 41.5 Å². The Bertz CT molecular complexity index is 738. The van der Waals surface area contributed by atoms with Crippen LogP contribution in [-0.2, 0) is 17.1 Å². The van der Waals surface area contributed by atoms with Crippen LogP contribution in [0.4, 0.5) is 0 Å². The molecule has 3 aromatic rings. The van der Waals surface area contributed by atoms with E-state index in [1.807, 2.05) is 34.5 Å². The Morgan fingerprint density at radius 2 is 0.880 bits per heavy atom. The van der Waals surface area contributed by atoms with Crippen molar-refractivity contribution in [2.24, 2.45) is 0 Å². The third kappa shape index (κ3) is 4.14. The monoisotopic (exact) mass is 387 g/mol. The van der Waals surface area contributed by atoms with E-state index in [1.54, 1.807) is 0 Å². The number of hydrogen-bond donors (Lipinski definition) is 0. The minimum Gasteiger partial charge on any atom is -0.422 e. The summed E-state index contributed by atoms with van der Waals surface area (Å²) in [4.78, 5) is 0. The zero-order valence-corrected chi connectivity index (χ0v) is 16.7. The fraction of sp³-hybridized carbons (Fsp3) is 0.353. The van der Waals surface area contributed by atoms with Crippen molar-refractivity contribution >= 4 is 7.12 Å². The van der Waals surface area contributed by atoms with Gasteiger partial charge in [0.15, 0.2) is 0 Å². The molecule has 1 radical (unpaired) electrons. The van der Waals surface area contributed by atoms with Crippen LogP contribution in [0.5, 0.6) is 0 Å². The third-order valence-corrected chi connectivity index (χ3v) is 3.79. The Morgan fingerprint density at radius 3 is 1.04 bits per heavy atom. The first kappa shape index (κ1) is 21.0. The van der Waals surface area contributed by atoms with Gasteiger partial charge >= 0.3 is 17.1 Å². The molecule has 6 nitrogen and oxygen atoms in total. The van der Waals surface area contributed by atoms with Gasteiger partial charge in [-0.05, 0) is 76.8 Å². The van der Waals surface area contributed by atoms with Gasteiger partial charge < -0.3 is 13.8 Å². The zero-order valence-electron chi connectivity index (χ0n) is 15.7. The first-order chi connectivity index (χ1) is 11.4. The molecule has 0 unspecified atom stereocenters. The van der Waals surface area contributed by atoms with Gasteiger partial charge in [-0.2, -0.15) is 0 Å². The van der Waals surface area contributed by atoms with Gasteiger partial charge in [0.1, 0.15) is 0 Å². The van der Waals surface area contributed by atoms with Crippen molar-refractivity contribution in [1.82, 2.24) is 29.1 Å². The molecule has 0 saturated heterocycles. The molecule has 0 aromatic carbocycles. The molecule has 3 rings (SSSR count). The molecule has 0 aliphatic heterocycles. The van der Waals surface area contributed by atoms with Crippen LogP contribution in [0.2, 0.25) is 0 Å². The van der Waals surface area contributed by atoms with E-state index in [-0.39, 0.29) is 24.2 Å². The van der Waals surface area contributed by atoms with E-state index in [0.717, 1.165) is 34.2 Å². The molecule has 0 bridgehead atoms. The maximum absolute atomic E-state index is 4.66. The quantitative estimate of drug-likeness (QED) is 0.513. The van der Waals surface area contributed by atoms with Crippen LogP contribution >= 0.6 is 0 Å². The number of rotatable bonds is 3. The van der Waals surface area contributed by atoms with Crippen molar-refractivity contribution in [3.05, 3.63) is 65.5 Å². The van der Waals surface area contributed by atoms with Gasteiger partial charge in [-0.25, -0.2) is 15.3 Å². The predicted molar refractivity (Wildman–Crippen MR) is 98.3 cm³/mol. The zero-order chi connectivity index (χ0) is 18.0. The predicted octanol–water partition coefficient (Wildman–Crippen LogP) is 2.86. The van der Waals surface area contributed by atoms with Gasteiger partial charge in [0.2, 0.25) is 0 Å². The molecule has 0 aliphatic rings. The molecule has 0 saturated carbocycles. The first-order valence-corrected chi connectivity index (χ1v) is 7.95. The standard InChI is InChI=1S/C15H21BN6.C2H4.Cu/c1-10-7-13(4)20(17-10)16(21-14(5)8-11(2)18-21)22-15(6)9-12(3)19-22;1-2;/h7-9H,1-6H3;1-2H2;/q-1;;+1. The second kappa shape index (κ2) is 8.36. The van der Waals surface area contributed by atoms with Crippen molar-refractivity contribution in [2.45, 2.75) is 41.5 Å². The largest absolute Gasteiger partial charge is 1.00 e. The molecule has 0 amide bonds. The summed E-state index contributed by atoms with van der Waals surface area (Å²) in [5.74, 6) is 0. The Hall–Kier alpha value is -2.05. The molecule has 0 spiro atoms. The number of aryl methyl sites for hydroxylation is 6. The number of nitrogens with zero attached hydrogens (tertiary/aromatic N) is 6. The maximum atomic E-state index is 4.66. The molecule has 25 heavy (non-hydrogen) atoms. The van der Waals surface area contributed by atoms with E-state index < -0.39 is 0 Å². The third-order valence-electron chi connectivity index (χ3n) is 3.79. The molecule has 0 fully saturated rings. The van der Waals surface area contributed by atoms with Gasteiger partial charge in [-0.15, -0.1) is 13.2 Å². The van der Waals surface area contributed by atoms with Gasteiger partial charge in [0.25, 0.3) is 7.12 Å². The SMILES string of the molecule is C=C.Cc1cc(C)n([B-](n2nc(C)cc2C)n2nc(C)cc2C)n1.[Cu+]. The van der Waals surface area contributed by atoms with Crippen LogP contribution in [0.1, 0.15) is 34.2 Å². The van der Waals surface area contributed by atoms with Gasteiger partial charge in [0.05, 0.1) is 17.1 Å².